The SMILES string of the molecule is CC(C)CNCc1nnc(N(C)C2CCCCC2C)o1. The first-order valence-electron chi connectivity index (χ1n) is 7.84. The fourth-order valence-electron chi connectivity index (χ4n) is 2.94. The summed E-state index contributed by atoms with van der Waals surface area (Å²) in [6.45, 7) is 8.31. The molecule has 5 heteroatoms. The van der Waals surface area contributed by atoms with Crippen molar-refractivity contribution in [1.82, 2.24) is 15.5 Å². The van der Waals surface area contributed by atoms with Gasteiger partial charge in [0.25, 0.3) is 0 Å². The minimum absolute atomic E-state index is 0.528. The molecule has 0 aromatic carbocycles. The molecule has 1 aliphatic carbocycles. The highest BCUT2D eigenvalue weighted by atomic mass is 16.4. The maximum absolute atomic E-state index is 5.77. The Morgan fingerprint density at radius 2 is 2.05 bits per heavy atom. The molecule has 1 heterocycles. The van der Waals surface area contributed by atoms with Gasteiger partial charge in [0.1, 0.15) is 0 Å². The summed E-state index contributed by atoms with van der Waals surface area (Å²) in [5.41, 5.74) is 0. The molecule has 1 saturated carbocycles. The Bertz CT molecular complexity index is 404. The van der Waals surface area contributed by atoms with Crippen molar-refractivity contribution in [1.29, 1.82) is 0 Å². The highest BCUT2D eigenvalue weighted by Crippen LogP contribution is 2.29. The molecular formula is C15H28N4O. The van der Waals surface area contributed by atoms with E-state index in [-0.39, 0.29) is 0 Å². The van der Waals surface area contributed by atoms with Gasteiger partial charge in [-0.3, -0.25) is 0 Å². The lowest BCUT2D eigenvalue weighted by molar-refractivity contribution is 0.309. The average Bonchev–Trinajstić information content (AvgIpc) is 2.87. The van der Waals surface area contributed by atoms with Crippen molar-refractivity contribution in [2.75, 3.05) is 18.5 Å². The standard InChI is InChI=1S/C15H28N4O/c1-11(2)9-16-10-14-17-18-15(20-14)19(4)13-8-6-5-7-12(13)3/h11-13,16H,5-10H2,1-4H3. The molecule has 0 amide bonds. The molecule has 0 spiro atoms. The van der Waals surface area contributed by atoms with E-state index in [9.17, 15) is 0 Å². The van der Waals surface area contributed by atoms with E-state index in [4.69, 9.17) is 4.42 Å². The molecule has 2 atom stereocenters. The Kier molecular flexibility index (Phi) is 5.40. The number of hydrogen-bond donors (Lipinski definition) is 1. The van der Waals surface area contributed by atoms with Crippen LogP contribution in [0.15, 0.2) is 4.42 Å². The third-order valence-corrected chi connectivity index (χ3v) is 4.15. The normalized spacial score (nSPS) is 23.2. The van der Waals surface area contributed by atoms with Crippen LogP contribution in [0.3, 0.4) is 0 Å². The minimum Gasteiger partial charge on any atom is -0.407 e. The Morgan fingerprint density at radius 1 is 1.30 bits per heavy atom. The fraction of sp³-hybridized carbons (Fsp3) is 0.867. The van der Waals surface area contributed by atoms with Crippen LogP contribution in [0.1, 0.15) is 52.3 Å². The zero-order valence-electron chi connectivity index (χ0n) is 13.2. The van der Waals surface area contributed by atoms with Crippen LogP contribution in [0.4, 0.5) is 6.01 Å². The molecule has 0 aliphatic heterocycles. The van der Waals surface area contributed by atoms with Gasteiger partial charge in [-0.15, -0.1) is 5.10 Å². The van der Waals surface area contributed by atoms with Crippen molar-refractivity contribution >= 4 is 6.01 Å². The second kappa shape index (κ2) is 7.07. The van der Waals surface area contributed by atoms with Crippen LogP contribution in [0.25, 0.3) is 0 Å². The van der Waals surface area contributed by atoms with Gasteiger partial charge in [0, 0.05) is 13.1 Å². The van der Waals surface area contributed by atoms with E-state index in [2.05, 4.69) is 48.2 Å². The van der Waals surface area contributed by atoms with Crippen LogP contribution in [0.5, 0.6) is 0 Å². The second-order valence-electron chi connectivity index (χ2n) is 6.44. The Labute approximate surface area is 122 Å². The zero-order valence-corrected chi connectivity index (χ0v) is 13.2. The van der Waals surface area contributed by atoms with E-state index < -0.39 is 0 Å². The van der Waals surface area contributed by atoms with E-state index >= 15 is 0 Å². The highest BCUT2D eigenvalue weighted by molar-refractivity contribution is 5.25. The van der Waals surface area contributed by atoms with Crippen molar-refractivity contribution < 1.29 is 4.42 Å². The average molecular weight is 280 g/mol. The molecule has 1 aliphatic rings. The smallest absolute Gasteiger partial charge is 0.318 e. The predicted octanol–water partition coefficient (Wildman–Crippen LogP) is 2.83. The van der Waals surface area contributed by atoms with E-state index in [0.717, 1.165) is 6.54 Å². The van der Waals surface area contributed by atoms with Crippen LogP contribution in [0, 0.1) is 11.8 Å². The zero-order chi connectivity index (χ0) is 14.5. The molecule has 0 bridgehead atoms. The maximum atomic E-state index is 5.77. The molecular weight excluding hydrogens is 252 g/mol. The highest BCUT2D eigenvalue weighted by Gasteiger charge is 2.27. The summed E-state index contributed by atoms with van der Waals surface area (Å²) < 4.78 is 5.77. The topological polar surface area (TPSA) is 54.2 Å². The minimum atomic E-state index is 0.528. The predicted molar refractivity (Wildman–Crippen MR) is 80.7 cm³/mol. The lowest BCUT2D eigenvalue weighted by atomic mass is 9.85. The van der Waals surface area contributed by atoms with Crippen molar-refractivity contribution in [3.8, 4) is 0 Å². The number of hydrogen-bond acceptors (Lipinski definition) is 5. The summed E-state index contributed by atoms with van der Waals surface area (Å²) in [4.78, 5) is 2.17. The van der Waals surface area contributed by atoms with Crippen molar-refractivity contribution in [2.45, 2.75) is 59.0 Å². The van der Waals surface area contributed by atoms with E-state index in [1.165, 1.54) is 25.7 Å². The van der Waals surface area contributed by atoms with Gasteiger partial charge in [-0.2, -0.15) is 0 Å². The number of anilines is 1. The lowest BCUT2D eigenvalue weighted by Gasteiger charge is -2.35. The van der Waals surface area contributed by atoms with Crippen LogP contribution in [0.2, 0.25) is 0 Å². The Balaban J connectivity index is 1.90. The molecule has 2 unspecified atom stereocenters. The Morgan fingerprint density at radius 3 is 2.75 bits per heavy atom. The monoisotopic (exact) mass is 280 g/mol. The summed E-state index contributed by atoms with van der Waals surface area (Å²) in [6, 6.07) is 1.19. The first-order chi connectivity index (χ1) is 9.58. The number of nitrogens with zero attached hydrogens (tertiary/aromatic N) is 3. The van der Waals surface area contributed by atoms with Crippen molar-refractivity contribution in [2.24, 2.45) is 11.8 Å². The molecule has 0 radical (unpaired) electrons. The largest absolute Gasteiger partial charge is 0.407 e. The van der Waals surface area contributed by atoms with E-state index in [1.54, 1.807) is 0 Å². The first-order valence-corrected chi connectivity index (χ1v) is 7.84. The molecule has 2 rings (SSSR count). The van der Waals surface area contributed by atoms with Gasteiger partial charge in [-0.25, -0.2) is 0 Å². The lowest BCUT2D eigenvalue weighted by Crippen LogP contribution is -2.39. The van der Waals surface area contributed by atoms with Gasteiger partial charge in [-0.05, 0) is 31.2 Å². The van der Waals surface area contributed by atoms with Crippen molar-refractivity contribution in [3.05, 3.63) is 5.89 Å². The summed E-state index contributed by atoms with van der Waals surface area (Å²) in [5.74, 6) is 2.00. The quantitative estimate of drug-likeness (QED) is 0.868. The molecule has 114 valence electrons. The third-order valence-electron chi connectivity index (χ3n) is 4.15. The molecule has 1 fully saturated rings. The van der Waals surface area contributed by atoms with Crippen molar-refractivity contribution in [3.63, 3.8) is 0 Å². The summed E-state index contributed by atoms with van der Waals surface area (Å²) in [6.07, 6.45) is 5.17. The molecule has 0 saturated heterocycles. The Hall–Kier alpha value is -1.10. The number of nitrogens with one attached hydrogen (secondary N) is 1. The van der Waals surface area contributed by atoms with Crippen LogP contribution in [-0.2, 0) is 6.54 Å². The van der Waals surface area contributed by atoms with E-state index in [0.29, 0.717) is 36.3 Å². The fourth-order valence-corrected chi connectivity index (χ4v) is 2.94. The number of aromatic nitrogens is 2. The van der Waals surface area contributed by atoms with Gasteiger partial charge >= 0.3 is 6.01 Å². The van der Waals surface area contributed by atoms with Gasteiger partial charge < -0.3 is 14.6 Å². The van der Waals surface area contributed by atoms with Gasteiger partial charge in [0.15, 0.2) is 0 Å². The van der Waals surface area contributed by atoms with Gasteiger partial charge in [0.05, 0.1) is 6.54 Å². The van der Waals surface area contributed by atoms with Crippen LogP contribution >= 0.6 is 0 Å². The first kappa shape index (κ1) is 15.3. The number of rotatable bonds is 6. The summed E-state index contributed by atoms with van der Waals surface area (Å²) in [5, 5.41) is 11.7. The molecule has 5 nitrogen and oxygen atoms in total. The van der Waals surface area contributed by atoms with Crippen LogP contribution in [-0.4, -0.2) is 29.8 Å². The molecule has 1 N–H and O–H groups in total. The third kappa shape index (κ3) is 3.95. The summed E-state index contributed by atoms with van der Waals surface area (Å²) >= 11 is 0. The van der Waals surface area contributed by atoms with Gasteiger partial charge in [0.2, 0.25) is 5.89 Å². The molecule has 1 aromatic rings. The molecule has 20 heavy (non-hydrogen) atoms. The second-order valence-corrected chi connectivity index (χ2v) is 6.44. The maximum Gasteiger partial charge on any atom is 0.318 e. The van der Waals surface area contributed by atoms with Crippen LogP contribution < -0.4 is 10.2 Å². The van der Waals surface area contributed by atoms with E-state index in [1.807, 2.05) is 0 Å². The summed E-state index contributed by atoms with van der Waals surface area (Å²) in [7, 11) is 2.07. The van der Waals surface area contributed by atoms with Gasteiger partial charge in [-0.1, -0.05) is 38.7 Å². The molecule has 1 aromatic heterocycles.